The van der Waals surface area contributed by atoms with E-state index in [9.17, 15) is 0 Å². The Morgan fingerprint density at radius 3 is 2.64 bits per heavy atom. The molecule has 4 saturated carbocycles. The van der Waals surface area contributed by atoms with E-state index in [1.807, 2.05) is 0 Å². The van der Waals surface area contributed by atoms with E-state index in [-0.39, 0.29) is 0 Å². The fourth-order valence-corrected chi connectivity index (χ4v) is 7.83. The lowest BCUT2D eigenvalue weighted by molar-refractivity contribution is -0.0626. The summed E-state index contributed by atoms with van der Waals surface area (Å²) in [4.78, 5) is 0. The fourth-order valence-electron chi connectivity index (χ4n) is 7.83. The van der Waals surface area contributed by atoms with Crippen molar-refractivity contribution in [2.45, 2.75) is 84.5 Å². The van der Waals surface area contributed by atoms with Crippen LogP contribution < -0.4 is 5.32 Å². The molecule has 1 nitrogen and oxygen atoms in total. The van der Waals surface area contributed by atoms with Crippen molar-refractivity contribution in [3.63, 3.8) is 0 Å². The number of allylic oxidation sites excluding steroid dienone is 4. The van der Waals surface area contributed by atoms with E-state index in [0.29, 0.717) is 10.8 Å². The van der Waals surface area contributed by atoms with Crippen molar-refractivity contribution in [1.29, 1.82) is 0 Å². The van der Waals surface area contributed by atoms with Gasteiger partial charge in [0.15, 0.2) is 0 Å². The van der Waals surface area contributed by atoms with Gasteiger partial charge < -0.3 is 5.32 Å². The molecule has 1 heteroatoms. The molecule has 0 aliphatic heterocycles. The van der Waals surface area contributed by atoms with Gasteiger partial charge in [0.1, 0.15) is 0 Å². The largest absolute Gasteiger partial charge is 0.320 e. The molecule has 0 aromatic carbocycles. The lowest BCUT2D eigenvalue weighted by Gasteiger charge is -2.61. The van der Waals surface area contributed by atoms with Crippen LogP contribution in [0.1, 0.15) is 84.5 Å². The van der Waals surface area contributed by atoms with Crippen molar-refractivity contribution in [2.75, 3.05) is 13.6 Å². The minimum absolute atomic E-state index is 0.403. The summed E-state index contributed by atoms with van der Waals surface area (Å²) in [6.45, 7) is 15.5. The zero-order chi connectivity index (χ0) is 19.9. The smallest absolute Gasteiger partial charge is 0.00518 e. The molecule has 4 aliphatic rings. The molecule has 0 aromatic heterocycles. The van der Waals surface area contributed by atoms with Gasteiger partial charge in [0.05, 0.1) is 0 Å². The highest BCUT2D eigenvalue weighted by atomic mass is 14.8. The molecule has 28 heavy (non-hydrogen) atoms. The first-order valence-corrected chi connectivity index (χ1v) is 12.1. The maximum atomic E-state index is 4.70. The van der Waals surface area contributed by atoms with Gasteiger partial charge in [-0.3, -0.25) is 0 Å². The zero-order valence-electron chi connectivity index (χ0n) is 18.8. The van der Waals surface area contributed by atoms with Gasteiger partial charge in [0.25, 0.3) is 0 Å². The minimum Gasteiger partial charge on any atom is -0.320 e. The summed E-state index contributed by atoms with van der Waals surface area (Å²) < 4.78 is 0. The van der Waals surface area contributed by atoms with Crippen molar-refractivity contribution in [3.8, 4) is 0 Å². The van der Waals surface area contributed by atoms with Crippen LogP contribution in [0, 0.1) is 34.5 Å². The predicted molar refractivity (Wildman–Crippen MR) is 121 cm³/mol. The number of hydrogen-bond donors (Lipinski definition) is 1. The van der Waals surface area contributed by atoms with Gasteiger partial charge in [0, 0.05) is 0 Å². The first-order chi connectivity index (χ1) is 13.4. The number of rotatable bonds is 5. The van der Waals surface area contributed by atoms with Crippen molar-refractivity contribution in [3.05, 3.63) is 36.0 Å². The molecule has 0 aromatic rings. The molecule has 4 rings (SSSR count). The van der Waals surface area contributed by atoms with Gasteiger partial charge in [-0.2, -0.15) is 0 Å². The van der Waals surface area contributed by atoms with Gasteiger partial charge in [-0.25, -0.2) is 0 Å². The van der Waals surface area contributed by atoms with E-state index in [1.165, 1.54) is 70.6 Å². The second-order valence-corrected chi connectivity index (χ2v) is 11.1. The lowest BCUT2D eigenvalue weighted by Crippen LogP contribution is -2.53. The minimum atomic E-state index is 0.403. The van der Waals surface area contributed by atoms with Gasteiger partial charge in [-0.15, -0.1) is 0 Å². The molecule has 1 N–H and O–H groups in total. The Morgan fingerprint density at radius 2 is 1.86 bits per heavy atom. The molecule has 0 spiro atoms. The Kier molecular flexibility index (Phi) is 5.69. The lowest BCUT2D eigenvalue weighted by atomic mass is 9.44. The van der Waals surface area contributed by atoms with E-state index < -0.39 is 0 Å². The van der Waals surface area contributed by atoms with Crippen LogP contribution in [0.2, 0.25) is 0 Å². The fraction of sp³-hybridized carbons (Fsp3) is 0.778. The summed E-state index contributed by atoms with van der Waals surface area (Å²) in [5.74, 6) is 3.31. The van der Waals surface area contributed by atoms with Crippen molar-refractivity contribution < 1.29 is 0 Å². The molecule has 0 amide bonds. The van der Waals surface area contributed by atoms with Crippen LogP contribution >= 0.6 is 0 Å². The quantitative estimate of drug-likeness (QED) is 0.397. The van der Waals surface area contributed by atoms with Crippen LogP contribution in [-0.2, 0) is 0 Å². The maximum absolute atomic E-state index is 4.70. The maximum Gasteiger partial charge on any atom is -0.00518 e. The molecular formula is C27H43N. The van der Waals surface area contributed by atoms with E-state index >= 15 is 0 Å². The number of nitrogens with one attached hydrogen (secondary N) is 1. The van der Waals surface area contributed by atoms with Crippen LogP contribution in [-0.4, -0.2) is 13.6 Å². The number of fused-ring (bicyclic) bond motifs is 5. The summed E-state index contributed by atoms with van der Waals surface area (Å²) in [7, 11) is 2.05. The van der Waals surface area contributed by atoms with Crippen LogP contribution in [0.4, 0.5) is 0 Å². The van der Waals surface area contributed by atoms with E-state index in [1.54, 1.807) is 16.7 Å². The molecule has 6 atom stereocenters. The molecule has 4 fully saturated rings. The normalized spacial score (nSPS) is 44.3. The van der Waals surface area contributed by atoms with Gasteiger partial charge in [-0.1, -0.05) is 49.8 Å². The van der Waals surface area contributed by atoms with Crippen LogP contribution in [0.15, 0.2) is 36.0 Å². The van der Waals surface area contributed by atoms with E-state index in [4.69, 9.17) is 6.58 Å². The molecule has 0 heterocycles. The van der Waals surface area contributed by atoms with Gasteiger partial charge in [0.2, 0.25) is 0 Å². The zero-order valence-corrected chi connectivity index (χ0v) is 18.8. The highest BCUT2D eigenvalue weighted by Crippen LogP contribution is 2.68. The third-order valence-electron chi connectivity index (χ3n) is 9.79. The molecule has 0 radical (unpaired) electrons. The Bertz CT molecular complexity index is 657. The third-order valence-corrected chi connectivity index (χ3v) is 9.79. The average molecular weight is 382 g/mol. The van der Waals surface area contributed by atoms with Crippen LogP contribution in [0.5, 0.6) is 0 Å². The summed E-state index contributed by atoms with van der Waals surface area (Å²) in [5.41, 5.74) is 5.85. The first-order valence-electron chi connectivity index (χ1n) is 12.1. The van der Waals surface area contributed by atoms with Crippen molar-refractivity contribution >= 4 is 0 Å². The molecule has 156 valence electrons. The third kappa shape index (κ3) is 3.26. The first kappa shape index (κ1) is 20.5. The Balaban J connectivity index is 1.47. The number of unbranched alkanes of at least 4 members (excludes halogenated alkanes) is 2. The summed E-state index contributed by atoms with van der Waals surface area (Å²) >= 11 is 0. The van der Waals surface area contributed by atoms with E-state index in [2.05, 4.69) is 38.9 Å². The molecule has 4 aliphatic carbocycles. The topological polar surface area (TPSA) is 12.0 Å². The summed E-state index contributed by atoms with van der Waals surface area (Å²) in [6.07, 6.45) is 17.3. The summed E-state index contributed by atoms with van der Waals surface area (Å²) in [5, 5.41) is 3.26. The highest BCUT2D eigenvalue weighted by molar-refractivity contribution is 5.28. The van der Waals surface area contributed by atoms with Gasteiger partial charge >= 0.3 is 0 Å². The SMILES string of the molecule is C=C1CC2C/C(=C/CCCCNC)CC[C@]2(C)C2CC[C@]3(C)C(=C)CCC3C12. The predicted octanol–water partition coefficient (Wildman–Crippen LogP) is 7.07. The van der Waals surface area contributed by atoms with Crippen molar-refractivity contribution in [1.82, 2.24) is 5.32 Å². The molecule has 4 unspecified atom stereocenters. The molecule has 0 saturated heterocycles. The number of hydrogen-bond acceptors (Lipinski definition) is 1. The Labute approximate surface area is 174 Å². The molecular weight excluding hydrogens is 338 g/mol. The Hall–Kier alpha value is -0.820. The van der Waals surface area contributed by atoms with Crippen LogP contribution in [0.3, 0.4) is 0 Å². The van der Waals surface area contributed by atoms with E-state index in [0.717, 1.165) is 30.2 Å². The second kappa shape index (κ2) is 7.78. The standard InChI is InChI=1S/C27H43N/c1-19-17-22-18-21(9-7-6-8-16-28-5)12-14-27(22,4)24-13-15-26(3)20(2)10-11-23(26)25(19)24/h9,22-25,28H,1-2,6-8,10-18H2,3-5H3/b21-9+/t22?,23?,24?,25?,26-,27+/m1/s1. The Morgan fingerprint density at radius 1 is 1.04 bits per heavy atom. The van der Waals surface area contributed by atoms with Gasteiger partial charge in [-0.05, 0) is 119 Å². The molecule has 0 bridgehead atoms. The van der Waals surface area contributed by atoms with Crippen molar-refractivity contribution in [2.24, 2.45) is 34.5 Å². The van der Waals surface area contributed by atoms with Crippen LogP contribution in [0.25, 0.3) is 0 Å². The summed E-state index contributed by atoms with van der Waals surface area (Å²) in [6, 6.07) is 0. The second-order valence-electron chi connectivity index (χ2n) is 11.1. The highest BCUT2D eigenvalue weighted by Gasteiger charge is 2.59. The monoisotopic (exact) mass is 381 g/mol. The average Bonchev–Trinajstić information content (AvgIpc) is 2.97.